The number of nitrogens with one attached hydrogen (secondary N) is 1. The van der Waals surface area contributed by atoms with Crippen LogP contribution in [-0.2, 0) is 22.9 Å². The lowest BCUT2D eigenvalue weighted by Gasteiger charge is -2.31. The molecule has 0 aromatic heterocycles. The van der Waals surface area contributed by atoms with E-state index in [0.29, 0.717) is 28.1 Å². The Morgan fingerprint density at radius 3 is 2.33 bits per heavy atom. The Morgan fingerprint density at radius 1 is 0.872 bits per heavy atom. The molecule has 1 aliphatic rings. The number of aryl methyl sites for hydroxylation is 2. The van der Waals surface area contributed by atoms with Crippen LogP contribution in [0.5, 0.6) is 11.5 Å². The summed E-state index contributed by atoms with van der Waals surface area (Å²) < 4.78 is 63.9. The van der Waals surface area contributed by atoms with Crippen molar-refractivity contribution >= 4 is 15.7 Å². The van der Waals surface area contributed by atoms with Crippen LogP contribution >= 0.6 is 0 Å². The summed E-state index contributed by atoms with van der Waals surface area (Å²) in [6.07, 6.45) is 4.53. The molecule has 4 aromatic carbocycles. The smallest absolute Gasteiger partial charge is 0.387 e. The molecule has 39 heavy (non-hydrogen) atoms. The molecule has 0 radical (unpaired) electrons. The Hall–Kier alpha value is -3.91. The minimum atomic E-state index is -3.52. The second-order valence-electron chi connectivity index (χ2n) is 9.62. The Balaban J connectivity index is 1.45. The van der Waals surface area contributed by atoms with Crippen LogP contribution < -0.4 is 14.2 Å². The molecule has 5 nitrogen and oxygen atoms in total. The molecule has 1 atom stereocenters. The van der Waals surface area contributed by atoms with Crippen LogP contribution in [0.15, 0.2) is 91.0 Å². The number of hydrogen-bond donors (Lipinski definition) is 1. The number of anilines is 1. The number of ether oxygens (including phenoxy) is 2. The van der Waals surface area contributed by atoms with Gasteiger partial charge >= 0.3 is 6.61 Å². The molecule has 0 fully saturated rings. The van der Waals surface area contributed by atoms with Crippen molar-refractivity contribution in [1.82, 2.24) is 0 Å². The number of benzene rings is 4. The van der Waals surface area contributed by atoms with Crippen LogP contribution in [0, 0.1) is 0 Å². The van der Waals surface area contributed by atoms with E-state index in [4.69, 9.17) is 9.47 Å². The lowest BCUT2D eigenvalue weighted by Crippen LogP contribution is -2.18. The van der Waals surface area contributed by atoms with Gasteiger partial charge in [-0.2, -0.15) is 8.78 Å². The molecule has 0 amide bonds. The maximum atomic E-state index is 13.2. The lowest BCUT2D eigenvalue weighted by atomic mass is 9.88. The molecular weight excluding hydrogens is 520 g/mol. The highest BCUT2D eigenvalue weighted by atomic mass is 32.2. The van der Waals surface area contributed by atoms with E-state index in [1.165, 1.54) is 11.6 Å². The first-order chi connectivity index (χ1) is 18.8. The summed E-state index contributed by atoms with van der Waals surface area (Å²) in [5, 5.41) is 0. The van der Waals surface area contributed by atoms with E-state index >= 15 is 0 Å². The third-order valence-electron chi connectivity index (χ3n) is 6.63. The SMILES string of the molecule is CS(=O)(=O)Nc1ccc2c(c1)C(c1cccc(CCCCc3ccccc3)c1)Oc1cccc(OC(F)F)c1-2. The fourth-order valence-electron chi connectivity index (χ4n) is 5.01. The number of sulfonamides is 1. The van der Waals surface area contributed by atoms with Gasteiger partial charge in [0.05, 0.1) is 11.8 Å². The van der Waals surface area contributed by atoms with E-state index in [2.05, 4.69) is 41.1 Å². The van der Waals surface area contributed by atoms with Crippen molar-refractivity contribution in [3.63, 3.8) is 0 Å². The number of halogens is 2. The van der Waals surface area contributed by atoms with Gasteiger partial charge in [-0.1, -0.05) is 66.7 Å². The highest BCUT2D eigenvalue weighted by Crippen LogP contribution is 2.50. The fourth-order valence-corrected chi connectivity index (χ4v) is 5.56. The summed E-state index contributed by atoms with van der Waals surface area (Å²) in [6.45, 7) is -3.00. The number of alkyl halides is 2. The molecule has 1 aliphatic heterocycles. The third kappa shape index (κ3) is 6.57. The predicted octanol–water partition coefficient (Wildman–Crippen LogP) is 7.37. The molecule has 5 rings (SSSR count). The largest absolute Gasteiger partial charge is 0.480 e. The van der Waals surface area contributed by atoms with Crippen molar-refractivity contribution in [2.75, 3.05) is 11.0 Å². The number of hydrogen-bond acceptors (Lipinski definition) is 4. The van der Waals surface area contributed by atoms with E-state index in [1.807, 2.05) is 18.2 Å². The van der Waals surface area contributed by atoms with Crippen molar-refractivity contribution in [2.45, 2.75) is 38.4 Å². The van der Waals surface area contributed by atoms with Gasteiger partial charge in [0.25, 0.3) is 0 Å². The Kier molecular flexibility index (Phi) is 7.84. The topological polar surface area (TPSA) is 64.6 Å². The summed E-state index contributed by atoms with van der Waals surface area (Å²) >= 11 is 0. The molecular formula is C31H29F2NO4S. The molecule has 4 aromatic rings. The van der Waals surface area contributed by atoms with Crippen molar-refractivity contribution in [3.05, 3.63) is 113 Å². The zero-order valence-corrected chi connectivity index (χ0v) is 22.3. The van der Waals surface area contributed by atoms with Crippen LogP contribution in [0.25, 0.3) is 11.1 Å². The average Bonchev–Trinajstić information content (AvgIpc) is 2.90. The second kappa shape index (κ2) is 11.5. The summed E-state index contributed by atoms with van der Waals surface area (Å²) in [5.74, 6) is 0.418. The average molecular weight is 550 g/mol. The maximum Gasteiger partial charge on any atom is 0.387 e. The van der Waals surface area contributed by atoms with Gasteiger partial charge < -0.3 is 9.47 Å². The molecule has 0 bridgehead atoms. The van der Waals surface area contributed by atoms with Gasteiger partial charge in [-0.05, 0) is 72.2 Å². The standard InChI is InChI=1S/C31H29F2NO4S/c1-39(35,36)34-24-17-18-25-26(20-24)30(37-27-15-8-16-28(29(25)27)38-31(32)33)23-14-7-13-22(19-23)12-6-5-11-21-9-3-2-4-10-21/h2-4,7-10,13-20,30-31,34H,5-6,11-12H2,1H3. The lowest BCUT2D eigenvalue weighted by molar-refractivity contribution is -0.0496. The third-order valence-corrected chi connectivity index (χ3v) is 7.24. The molecule has 0 aliphatic carbocycles. The first-order valence-electron chi connectivity index (χ1n) is 12.8. The van der Waals surface area contributed by atoms with E-state index in [-0.39, 0.29) is 5.75 Å². The van der Waals surface area contributed by atoms with E-state index in [9.17, 15) is 17.2 Å². The molecule has 1 unspecified atom stereocenters. The number of rotatable bonds is 10. The quantitative estimate of drug-likeness (QED) is 0.210. The van der Waals surface area contributed by atoms with Gasteiger partial charge in [-0.25, -0.2) is 8.42 Å². The summed E-state index contributed by atoms with van der Waals surface area (Å²) in [7, 11) is -3.52. The Labute approximate surface area is 227 Å². The molecule has 1 heterocycles. The van der Waals surface area contributed by atoms with Crippen molar-refractivity contribution in [1.29, 1.82) is 0 Å². The van der Waals surface area contributed by atoms with Crippen molar-refractivity contribution in [2.24, 2.45) is 0 Å². The van der Waals surface area contributed by atoms with Crippen LogP contribution in [-0.4, -0.2) is 21.3 Å². The first kappa shape index (κ1) is 26.7. The van der Waals surface area contributed by atoms with Gasteiger partial charge in [0.1, 0.15) is 17.6 Å². The fraction of sp³-hybridized carbons (Fsp3) is 0.226. The molecule has 0 saturated carbocycles. The van der Waals surface area contributed by atoms with E-state index in [1.54, 1.807) is 30.3 Å². The Morgan fingerprint density at radius 2 is 1.59 bits per heavy atom. The molecule has 0 saturated heterocycles. The van der Waals surface area contributed by atoms with Gasteiger partial charge in [-0.15, -0.1) is 0 Å². The van der Waals surface area contributed by atoms with Gasteiger partial charge in [0, 0.05) is 11.3 Å². The first-order valence-corrected chi connectivity index (χ1v) is 14.7. The second-order valence-corrected chi connectivity index (χ2v) is 11.4. The van der Waals surface area contributed by atoms with Crippen LogP contribution in [0.2, 0.25) is 0 Å². The van der Waals surface area contributed by atoms with Crippen LogP contribution in [0.4, 0.5) is 14.5 Å². The summed E-state index contributed by atoms with van der Waals surface area (Å²) in [4.78, 5) is 0. The Bertz CT molecular complexity index is 1560. The number of unbranched alkanes of at least 4 members (excludes halogenated alkanes) is 1. The summed E-state index contributed by atoms with van der Waals surface area (Å²) in [6, 6.07) is 28.3. The van der Waals surface area contributed by atoms with Crippen LogP contribution in [0.3, 0.4) is 0 Å². The maximum absolute atomic E-state index is 13.2. The molecule has 0 spiro atoms. The normalized spacial score (nSPS) is 14.3. The minimum Gasteiger partial charge on any atom is -0.480 e. The van der Waals surface area contributed by atoms with Crippen LogP contribution in [0.1, 0.15) is 41.2 Å². The summed E-state index contributed by atoms with van der Waals surface area (Å²) in [5.41, 5.74) is 5.44. The minimum absolute atomic E-state index is 0.00168. The highest BCUT2D eigenvalue weighted by Gasteiger charge is 2.31. The monoisotopic (exact) mass is 549 g/mol. The van der Waals surface area contributed by atoms with Gasteiger partial charge in [0.2, 0.25) is 10.0 Å². The van der Waals surface area contributed by atoms with Gasteiger partial charge in [-0.3, -0.25) is 4.72 Å². The number of fused-ring (bicyclic) bond motifs is 3. The van der Waals surface area contributed by atoms with Crippen molar-refractivity contribution in [3.8, 4) is 22.6 Å². The zero-order valence-electron chi connectivity index (χ0n) is 21.4. The molecule has 1 N–H and O–H groups in total. The molecule has 8 heteroatoms. The van der Waals surface area contributed by atoms with E-state index in [0.717, 1.165) is 43.1 Å². The predicted molar refractivity (Wildman–Crippen MR) is 149 cm³/mol. The molecule has 202 valence electrons. The van der Waals surface area contributed by atoms with E-state index < -0.39 is 22.7 Å². The highest BCUT2D eigenvalue weighted by molar-refractivity contribution is 7.92. The van der Waals surface area contributed by atoms with Crippen molar-refractivity contribution < 1.29 is 26.7 Å². The van der Waals surface area contributed by atoms with Gasteiger partial charge in [0.15, 0.2) is 0 Å². The zero-order chi connectivity index (χ0) is 27.4.